The average molecular weight is 412 g/mol. The molecule has 124 valence electrons. The van der Waals surface area contributed by atoms with E-state index in [1.165, 1.54) is 0 Å². The van der Waals surface area contributed by atoms with E-state index in [4.69, 9.17) is 0 Å². The van der Waals surface area contributed by atoms with Crippen LogP contribution in [-0.4, -0.2) is 37.5 Å². The van der Waals surface area contributed by atoms with Gasteiger partial charge in [-0.15, -0.1) is 0 Å². The van der Waals surface area contributed by atoms with Crippen LogP contribution in [0.15, 0.2) is 46.2 Å². The van der Waals surface area contributed by atoms with Crippen LogP contribution in [0.2, 0.25) is 0 Å². The second-order valence-corrected chi connectivity index (χ2v) is 7.74. The standard InChI is InChI=1S/C14H8O8S2.2Na/c15-13-9-3-1-7(23(17,18)19)5-11(9)14(16)10-4-2-8(6-12(10)13)24(20,21)22;;/h1-6H,(H,17,18,19)(H,20,21,22);;/q;2*+1/p-2. The Bertz CT molecular complexity index is 1050. The molecule has 0 atom stereocenters. The first-order chi connectivity index (χ1) is 11.0. The molecule has 0 aromatic heterocycles. The van der Waals surface area contributed by atoms with Gasteiger partial charge >= 0.3 is 59.1 Å². The number of hydrogen-bond acceptors (Lipinski definition) is 8. The fourth-order valence-corrected chi connectivity index (χ4v) is 3.41. The smallest absolute Gasteiger partial charge is 0.744 e. The molecule has 0 saturated heterocycles. The summed E-state index contributed by atoms with van der Waals surface area (Å²) < 4.78 is 66.3. The van der Waals surface area contributed by atoms with Crippen LogP contribution in [0.4, 0.5) is 0 Å². The quantitative estimate of drug-likeness (QED) is 0.299. The van der Waals surface area contributed by atoms with Crippen LogP contribution in [-0.2, 0) is 20.2 Å². The minimum absolute atomic E-state index is 0. The molecule has 0 saturated carbocycles. The first kappa shape index (κ1) is 23.6. The van der Waals surface area contributed by atoms with Gasteiger partial charge in [0, 0.05) is 22.3 Å². The Hall–Kier alpha value is -0.400. The van der Waals surface area contributed by atoms with Gasteiger partial charge in [-0.2, -0.15) is 0 Å². The molecule has 8 nitrogen and oxygen atoms in total. The van der Waals surface area contributed by atoms with Crippen LogP contribution >= 0.6 is 0 Å². The summed E-state index contributed by atoms with van der Waals surface area (Å²) in [5.74, 6) is -1.50. The van der Waals surface area contributed by atoms with Crippen LogP contribution in [0, 0.1) is 0 Å². The Morgan fingerprint density at radius 3 is 1.15 bits per heavy atom. The molecule has 3 rings (SSSR count). The van der Waals surface area contributed by atoms with Crippen molar-refractivity contribution in [3.05, 3.63) is 58.7 Å². The topological polar surface area (TPSA) is 149 Å². The van der Waals surface area contributed by atoms with E-state index in [1.54, 1.807) is 0 Å². The summed E-state index contributed by atoms with van der Waals surface area (Å²) in [7, 11) is -9.63. The van der Waals surface area contributed by atoms with Gasteiger partial charge in [-0.25, -0.2) is 16.8 Å². The predicted molar refractivity (Wildman–Crippen MR) is 75.7 cm³/mol. The number of ketones is 2. The summed E-state index contributed by atoms with van der Waals surface area (Å²) in [6.45, 7) is 0. The Labute approximate surface area is 193 Å². The molecule has 0 bridgehead atoms. The molecule has 0 radical (unpaired) electrons. The van der Waals surface area contributed by atoms with Crippen molar-refractivity contribution in [1.82, 2.24) is 0 Å². The molecule has 2 aromatic carbocycles. The third kappa shape index (κ3) is 4.20. The van der Waals surface area contributed by atoms with Gasteiger partial charge in [0.1, 0.15) is 20.2 Å². The molecule has 0 unspecified atom stereocenters. The van der Waals surface area contributed by atoms with Gasteiger partial charge in [-0.1, -0.05) is 0 Å². The maximum atomic E-state index is 12.4. The van der Waals surface area contributed by atoms with Gasteiger partial charge in [0.25, 0.3) is 0 Å². The molecule has 12 heteroatoms. The zero-order chi connectivity index (χ0) is 17.9. The fraction of sp³-hybridized carbons (Fsp3) is 0. The van der Waals surface area contributed by atoms with E-state index in [0.717, 1.165) is 36.4 Å². The first-order valence-electron chi connectivity index (χ1n) is 6.29. The average Bonchev–Trinajstić information content (AvgIpc) is 2.49. The van der Waals surface area contributed by atoms with E-state index in [-0.39, 0.29) is 81.4 Å². The van der Waals surface area contributed by atoms with Crippen molar-refractivity contribution in [3.8, 4) is 0 Å². The number of carbonyl (C=O) groups excluding carboxylic acids is 2. The van der Waals surface area contributed by atoms with Crippen LogP contribution in [0.5, 0.6) is 0 Å². The van der Waals surface area contributed by atoms with Gasteiger partial charge in [-0.3, -0.25) is 9.59 Å². The molecular formula is C14H6Na2O8S2. The Morgan fingerprint density at radius 1 is 0.577 bits per heavy atom. The number of benzene rings is 2. The van der Waals surface area contributed by atoms with Crippen molar-refractivity contribution < 1.29 is 94.6 Å². The molecule has 1 aliphatic rings. The van der Waals surface area contributed by atoms with Crippen LogP contribution in [0.3, 0.4) is 0 Å². The van der Waals surface area contributed by atoms with E-state index >= 15 is 0 Å². The largest absolute Gasteiger partial charge is 1.00 e. The van der Waals surface area contributed by atoms with E-state index in [9.17, 15) is 35.5 Å². The molecule has 0 spiro atoms. The van der Waals surface area contributed by atoms with Gasteiger partial charge in [-0.05, 0) is 36.4 Å². The van der Waals surface area contributed by atoms with Crippen molar-refractivity contribution in [2.75, 3.05) is 0 Å². The predicted octanol–water partition coefficient (Wildman–Crippen LogP) is -5.72. The molecule has 0 fully saturated rings. The molecule has 2 aromatic rings. The van der Waals surface area contributed by atoms with Crippen molar-refractivity contribution in [2.24, 2.45) is 0 Å². The van der Waals surface area contributed by atoms with Crippen LogP contribution in [0.1, 0.15) is 31.8 Å². The zero-order valence-corrected chi connectivity index (χ0v) is 19.2. The Morgan fingerprint density at radius 2 is 0.885 bits per heavy atom. The Balaban J connectivity index is 0.00000169. The third-order valence-corrected chi connectivity index (χ3v) is 5.20. The molecule has 1 aliphatic carbocycles. The minimum Gasteiger partial charge on any atom is -0.744 e. The number of hydrogen-bond donors (Lipinski definition) is 0. The second kappa shape index (κ2) is 7.92. The SMILES string of the molecule is O=C1c2ccc(S(=O)(=O)[O-])cc2C(=O)c2ccc(S(=O)(=O)[O-])cc21.[Na+].[Na+]. The number of rotatable bonds is 2. The van der Waals surface area contributed by atoms with Crippen molar-refractivity contribution in [3.63, 3.8) is 0 Å². The molecule has 0 heterocycles. The van der Waals surface area contributed by atoms with Crippen molar-refractivity contribution >= 4 is 31.8 Å². The van der Waals surface area contributed by atoms with E-state index < -0.39 is 41.6 Å². The summed E-state index contributed by atoms with van der Waals surface area (Å²) in [5, 5.41) is 0. The van der Waals surface area contributed by atoms with Gasteiger partial charge < -0.3 is 9.11 Å². The van der Waals surface area contributed by atoms with Crippen molar-refractivity contribution in [1.29, 1.82) is 0 Å². The monoisotopic (exact) mass is 412 g/mol. The summed E-state index contributed by atoms with van der Waals surface area (Å²) >= 11 is 0. The van der Waals surface area contributed by atoms with Crippen molar-refractivity contribution in [2.45, 2.75) is 9.79 Å². The number of carbonyl (C=O) groups is 2. The van der Waals surface area contributed by atoms with Crippen LogP contribution < -0.4 is 59.1 Å². The molecular weight excluding hydrogens is 406 g/mol. The summed E-state index contributed by atoms with van der Waals surface area (Å²) in [5.41, 5.74) is -0.912. The van der Waals surface area contributed by atoms with E-state index in [0.29, 0.717) is 0 Å². The van der Waals surface area contributed by atoms with Gasteiger partial charge in [0.15, 0.2) is 11.6 Å². The summed E-state index contributed by atoms with van der Waals surface area (Å²) in [6, 6.07) is 5.37. The molecule has 0 aliphatic heterocycles. The maximum absolute atomic E-state index is 12.4. The number of fused-ring (bicyclic) bond motifs is 2. The molecule has 0 amide bonds. The fourth-order valence-electron chi connectivity index (χ4n) is 2.42. The third-order valence-electron chi connectivity index (χ3n) is 3.54. The summed E-state index contributed by atoms with van der Waals surface area (Å²) in [4.78, 5) is 23.5. The normalized spacial score (nSPS) is 13.2. The summed E-state index contributed by atoms with van der Waals surface area (Å²) in [6.07, 6.45) is 0. The first-order valence-corrected chi connectivity index (χ1v) is 9.11. The van der Waals surface area contributed by atoms with E-state index in [1.807, 2.05) is 0 Å². The molecule has 26 heavy (non-hydrogen) atoms. The molecule has 0 N–H and O–H groups in total. The van der Waals surface area contributed by atoms with Crippen LogP contribution in [0.25, 0.3) is 0 Å². The van der Waals surface area contributed by atoms with Gasteiger partial charge in [0.05, 0.1) is 9.79 Å². The zero-order valence-electron chi connectivity index (χ0n) is 13.5. The minimum atomic E-state index is -4.81. The second-order valence-electron chi connectivity index (χ2n) is 4.98. The van der Waals surface area contributed by atoms with Gasteiger partial charge in [0.2, 0.25) is 0 Å². The van der Waals surface area contributed by atoms with E-state index in [2.05, 4.69) is 0 Å². The maximum Gasteiger partial charge on any atom is 1.00 e. The Kier molecular flexibility index (Phi) is 7.20.